The molecule has 0 spiro atoms. The van der Waals surface area contributed by atoms with Crippen molar-refractivity contribution < 1.29 is 19.0 Å². The number of carbonyl (C=O) groups excluding carboxylic acids is 1. The summed E-state index contributed by atoms with van der Waals surface area (Å²) in [7, 11) is 1.51. The van der Waals surface area contributed by atoms with Crippen LogP contribution in [0.5, 0.6) is 5.75 Å². The minimum absolute atomic E-state index is 0.339. The van der Waals surface area contributed by atoms with Crippen LogP contribution in [-0.4, -0.2) is 42.4 Å². The summed E-state index contributed by atoms with van der Waals surface area (Å²) in [5, 5.41) is 0. The summed E-state index contributed by atoms with van der Waals surface area (Å²) in [6.07, 6.45) is 10.3. The molecule has 1 unspecified atom stereocenters. The van der Waals surface area contributed by atoms with Gasteiger partial charge in [0.25, 0.3) is 0 Å². The number of hydrogen-bond acceptors (Lipinski definition) is 6. The third kappa shape index (κ3) is 4.70. The van der Waals surface area contributed by atoms with Gasteiger partial charge in [0, 0.05) is 55.9 Å². The maximum atomic E-state index is 11.9. The van der Waals surface area contributed by atoms with Crippen LogP contribution in [0.4, 0.5) is 0 Å². The zero-order chi connectivity index (χ0) is 22.3. The fraction of sp³-hybridized carbons (Fsp3) is 0.269. The van der Waals surface area contributed by atoms with Crippen molar-refractivity contribution in [2.24, 2.45) is 0 Å². The highest BCUT2D eigenvalue weighted by Gasteiger charge is 2.23. The first-order valence-electron chi connectivity index (χ1n) is 10.7. The molecule has 0 fully saturated rings. The lowest BCUT2D eigenvalue weighted by molar-refractivity contribution is -0.154. The molecule has 2 aromatic heterocycles. The van der Waals surface area contributed by atoms with Crippen LogP contribution in [0, 0.1) is 0 Å². The van der Waals surface area contributed by atoms with Crippen LogP contribution < -0.4 is 4.74 Å². The second-order valence-corrected chi connectivity index (χ2v) is 7.42. The van der Waals surface area contributed by atoms with Crippen molar-refractivity contribution in [3.8, 4) is 16.9 Å². The highest BCUT2D eigenvalue weighted by Crippen LogP contribution is 2.43. The molecule has 2 heterocycles. The number of nitrogens with zero attached hydrogens (tertiary/aromatic N) is 2. The van der Waals surface area contributed by atoms with Gasteiger partial charge >= 0.3 is 5.97 Å². The molecule has 0 bridgehead atoms. The van der Waals surface area contributed by atoms with Crippen molar-refractivity contribution in [3.05, 3.63) is 84.0 Å². The van der Waals surface area contributed by atoms with Crippen molar-refractivity contribution >= 4 is 11.5 Å². The van der Waals surface area contributed by atoms with Crippen LogP contribution >= 0.6 is 0 Å². The lowest BCUT2D eigenvalue weighted by Crippen LogP contribution is -2.27. The van der Waals surface area contributed by atoms with Gasteiger partial charge in [-0.3, -0.25) is 9.97 Å². The summed E-state index contributed by atoms with van der Waals surface area (Å²) < 4.78 is 16.2. The SMILES string of the molecule is CCOC(=O)C(Cc1ccc(OCCC=C2c3cnccc3-c3ccncc32)cc1)OC. The van der Waals surface area contributed by atoms with E-state index in [1.165, 1.54) is 18.2 Å². The normalized spacial score (nSPS) is 12.6. The largest absolute Gasteiger partial charge is 0.493 e. The van der Waals surface area contributed by atoms with Crippen molar-refractivity contribution in [3.63, 3.8) is 0 Å². The maximum Gasteiger partial charge on any atom is 0.335 e. The molecular formula is C26H26N2O4. The number of aromatic nitrogens is 2. The molecule has 1 atom stereocenters. The molecule has 0 N–H and O–H groups in total. The topological polar surface area (TPSA) is 70.5 Å². The smallest absolute Gasteiger partial charge is 0.335 e. The highest BCUT2D eigenvalue weighted by molar-refractivity contribution is 6.00. The van der Waals surface area contributed by atoms with Gasteiger partial charge in [-0.15, -0.1) is 0 Å². The predicted octanol–water partition coefficient (Wildman–Crippen LogP) is 4.48. The summed E-state index contributed by atoms with van der Waals surface area (Å²) in [5.74, 6) is 0.441. The lowest BCUT2D eigenvalue weighted by atomic mass is 10.1. The molecule has 6 nitrogen and oxygen atoms in total. The fourth-order valence-corrected chi connectivity index (χ4v) is 3.87. The lowest BCUT2D eigenvalue weighted by Gasteiger charge is -2.14. The molecular weight excluding hydrogens is 404 g/mol. The molecule has 4 rings (SSSR count). The first-order chi connectivity index (χ1) is 15.7. The molecule has 1 aliphatic rings. The van der Waals surface area contributed by atoms with E-state index in [2.05, 4.69) is 16.0 Å². The second-order valence-electron chi connectivity index (χ2n) is 7.42. The van der Waals surface area contributed by atoms with Gasteiger partial charge in [-0.25, -0.2) is 4.79 Å². The third-order valence-electron chi connectivity index (χ3n) is 5.43. The van der Waals surface area contributed by atoms with Gasteiger partial charge in [-0.05, 0) is 53.5 Å². The number of esters is 1. The van der Waals surface area contributed by atoms with Crippen LogP contribution in [0.15, 0.2) is 67.3 Å². The van der Waals surface area contributed by atoms with Crippen LogP contribution in [0.25, 0.3) is 16.7 Å². The predicted molar refractivity (Wildman–Crippen MR) is 122 cm³/mol. The Morgan fingerprint density at radius 3 is 2.22 bits per heavy atom. The Hall–Kier alpha value is -3.51. The van der Waals surface area contributed by atoms with Gasteiger partial charge in [0.2, 0.25) is 0 Å². The van der Waals surface area contributed by atoms with Gasteiger partial charge in [0.15, 0.2) is 6.10 Å². The summed E-state index contributed by atoms with van der Waals surface area (Å²) in [5.41, 5.74) is 6.79. The average molecular weight is 431 g/mol. The minimum atomic E-state index is -0.602. The van der Waals surface area contributed by atoms with Gasteiger partial charge in [-0.2, -0.15) is 0 Å². The van der Waals surface area contributed by atoms with Crippen molar-refractivity contribution in [2.45, 2.75) is 25.9 Å². The van der Waals surface area contributed by atoms with E-state index >= 15 is 0 Å². The molecule has 0 amide bonds. The Bertz CT molecular complexity index is 1060. The number of ether oxygens (including phenoxy) is 3. The van der Waals surface area contributed by atoms with E-state index in [1.54, 1.807) is 6.92 Å². The molecule has 6 heteroatoms. The molecule has 0 radical (unpaired) electrons. The number of methoxy groups -OCH3 is 1. The molecule has 32 heavy (non-hydrogen) atoms. The average Bonchev–Trinajstić information content (AvgIpc) is 3.15. The zero-order valence-corrected chi connectivity index (χ0v) is 18.3. The Balaban J connectivity index is 1.35. The van der Waals surface area contributed by atoms with Crippen molar-refractivity contribution in [2.75, 3.05) is 20.3 Å². The zero-order valence-electron chi connectivity index (χ0n) is 18.3. The van der Waals surface area contributed by atoms with E-state index in [0.29, 0.717) is 19.6 Å². The van der Waals surface area contributed by atoms with E-state index in [-0.39, 0.29) is 5.97 Å². The molecule has 0 saturated heterocycles. The number of pyridine rings is 2. The van der Waals surface area contributed by atoms with Crippen LogP contribution in [0.2, 0.25) is 0 Å². The van der Waals surface area contributed by atoms with Crippen LogP contribution in [0.1, 0.15) is 30.0 Å². The monoisotopic (exact) mass is 430 g/mol. The van der Waals surface area contributed by atoms with Gasteiger partial charge in [0.1, 0.15) is 5.75 Å². The number of hydrogen-bond donors (Lipinski definition) is 0. The van der Waals surface area contributed by atoms with Crippen molar-refractivity contribution in [1.29, 1.82) is 0 Å². The molecule has 3 aromatic rings. The van der Waals surface area contributed by atoms with Gasteiger partial charge < -0.3 is 14.2 Å². The first kappa shape index (κ1) is 21.7. The molecule has 1 aliphatic carbocycles. The molecule has 0 aliphatic heterocycles. The van der Waals surface area contributed by atoms with E-state index < -0.39 is 6.10 Å². The molecule has 0 saturated carbocycles. The van der Waals surface area contributed by atoms with Crippen molar-refractivity contribution in [1.82, 2.24) is 9.97 Å². The molecule has 164 valence electrons. The third-order valence-corrected chi connectivity index (χ3v) is 5.43. The van der Waals surface area contributed by atoms with Crippen LogP contribution in [0.3, 0.4) is 0 Å². The second kappa shape index (κ2) is 10.2. The van der Waals surface area contributed by atoms with Gasteiger partial charge in [0.05, 0.1) is 13.2 Å². The van der Waals surface area contributed by atoms with E-state index in [0.717, 1.165) is 34.4 Å². The summed E-state index contributed by atoms with van der Waals surface area (Å²) in [4.78, 5) is 20.5. The number of benzene rings is 1. The summed E-state index contributed by atoms with van der Waals surface area (Å²) >= 11 is 0. The van der Waals surface area contributed by atoms with Crippen LogP contribution in [-0.2, 0) is 20.7 Å². The number of carbonyl (C=O) groups is 1. The summed E-state index contributed by atoms with van der Waals surface area (Å²) in [6.45, 7) is 2.67. The van der Waals surface area contributed by atoms with Gasteiger partial charge in [-0.1, -0.05) is 18.2 Å². The Morgan fingerprint density at radius 2 is 1.62 bits per heavy atom. The molecule has 1 aromatic carbocycles. The maximum absolute atomic E-state index is 11.9. The Morgan fingerprint density at radius 1 is 0.969 bits per heavy atom. The Labute approximate surface area is 187 Å². The van der Waals surface area contributed by atoms with E-state index in [1.807, 2.05) is 61.2 Å². The first-order valence-corrected chi connectivity index (χ1v) is 10.7. The Kier molecular flexibility index (Phi) is 6.92. The van der Waals surface area contributed by atoms with E-state index in [4.69, 9.17) is 14.2 Å². The van der Waals surface area contributed by atoms with E-state index in [9.17, 15) is 4.79 Å². The quantitative estimate of drug-likeness (QED) is 0.288. The fourth-order valence-electron chi connectivity index (χ4n) is 3.87. The standard InChI is InChI=1S/C26H26N2O4/c1-3-31-26(29)25(30-2)15-18-6-8-19(9-7-18)32-14-4-5-20-23-16-27-12-10-21(23)22-11-13-28-17-24(20)22/h5-13,16-17,25H,3-4,14-15H2,1-2H3. The number of fused-ring (bicyclic) bond motifs is 3. The minimum Gasteiger partial charge on any atom is -0.493 e. The number of rotatable bonds is 9. The summed E-state index contributed by atoms with van der Waals surface area (Å²) in [6, 6.07) is 11.8. The highest BCUT2D eigenvalue weighted by atomic mass is 16.6.